The summed E-state index contributed by atoms with van der Waals surface area (Å²) < 4.78 is 1.49. The van der Waals surface area contributed by atoms with Gasteiger partial charge in [-0.3, -0.25) is 9.59 Å². The Hall–Kier alpha value is -3.26. The zero-order chi connectivity index (χ0) is 21.4. The Bertz CT molecular complexity index is 1180. The predicted molar refractivity (Wildman–Crippen MR) is 120 cm³/mol. The Morgan fingerprint density at radius 1 is 1.19 bits per heavy atom. The van der Waals surface area contributed by atoms with Gasteiger partial charge in [0.15, 0.2) is 0 Å². The summed E-state index contributed by atoms with van der Waals surface area (Å²) in [7, 11) is 1.70. The summed E-state index contributed by atoms with van der Waals surface area (Å²) in [5.41, 5.74) is 3.51. The van der Waals surface area contributed by atoms with Crippen molar-refractivity contribution in [2.24, 2.45) is 7.05 Å². The highest BCUT2D eigenvalue weighted by Crippen LogP contribution is 2.29. The first-order valence-corrected chi connectivity index (χ1v) is 10.8. The number of benzene rings is 1. The Balaban J connectivity index is 1.40. The third-order valence-corrected chi connectivity index (χ3v) is 5.93. The summed E-state index contributed by atoms with van der Waals surface area (Å²) in [6.45, 7) is 2.78. The van der Waals surface area contributed by atoms with E-state index >= 15 is 0 Å². The number of hydrogen-bond acceptors (Lipinski definition) is 6. The zero-order valence-electron chi connectivity index (χ0n) is 17.6. The number of rotatable bonds is 6. The average molecular weight is 419 g/mol. The fourth-order valence-electron chi connectivity index (χ4n) is 3.88. The lowest BCUT2D eigenvalue weighted by Gasteiger charge is -2.27. The third-order valence-electron chi connectivity index (χ3n) is 5.93. The van der Waals surface area contributed by atoms with Gasteiger partial charge in [-0.25, -0.2) is 9.97 Å². The molecule has 160 valence electrons. The van der Waals surface area contributed by atoms with E-state index in [0.29, 0.717) is 29.3 Å². The van der Waals surface area contributed by atoms with E-state index in [9.17, 15) is 9.59 Å². The van der Waals surface area contributed by atoms with Crippen molar-refractivity contribution in [1.82, 2.24) is 24.8 Å². The zero-order valence-corrected chi connectivity index (χ0v) is 17.6. The van der Waals surface area contributed by atoms with Crippen molar-refractivity contribution in [3.05, 3.63) is 52.6 Å². The molecule has 3 heterocycles. The maximum Gasteiger partial charge on any atom is 0.264 e. The molecule has 2 aromatic heterocycles. The quantitative estimate of drug-likeness (QED) is 0.631. The molecule has 3 aromatic rings. The molecule has 0 atom stereocenters. The van der Waals surface area contributed by atoms with Gasteiger partial charge in [0.2, 0.25) is 5.91 Å². The molecule has 2 aliphatic rings. The number of carbonyl (C=O) groups excluding carboxylic acids is 1. The predicted octanol–water partition coefficient (Wildman–Crippen LogP) is 1.54. The molecule has 2 fully saturated rings. The van der Waals surface area contributed by atoms with Gasteiger partial charge in [-0.2, -0.15) is 0 Å². The van der Waals surface area contributed by atoms with Crippen LogP contribution in [0.2, 0.25) is 0 Å². The molecule has 1 aliphatic heterocycles. The standard InChI is InChI=1S/C23H26N6O2/c1-28-14-25-19-12-18(27-22(21(19)23(28)31)26-17-6-7-17)16-4-2-15(3-5-16)8-10-29-11-9-24-13-20(29)30/h2-5,12,14,17,24H,6-11,13H2,1H3,(H,26,27). The van der Waals surface area contributed by atoms with E-state index in [4.69, 9.17) is 4.98 Å². The van der Waals surface area contributed by atoms with Crippen LogP contribution in [0.5, 0.6) is 0 Å². The SMILES string of the molecule is Cn1cnc2cc(-c3ccc(CCN4CCNCC4=O)cc3)nc(NC3CC3)c2c1=O. The van der Waals surface area contributed by atoms with Gasteiger partial charge in [-0.1, -0.05) is 24.3 Å². The van der Waals surface area contributed by atoms with Gasteiger partial charge in [0.25, 0.3) is 5.56 Å². The van der Waals surface area contributed by atoms with Gasteiger partial charge in [0.05, 0.1) is 24.1 Å². The van der Waals surface area contributed by atoms with E-state index in [0.717, 1.165) is 50.2 Å². The smallest absolute Gasteiger partial charge is 0.264 e. The lowest BCUT2D eigenvalue weighted by Crippen LogP contribution is -2.48. The molecule has 1 saturated carbocycles. The van der Waals surface area contributed by atoms with Crippen molar-refractivity contribution in [3.63, 3.8) is 0 Å². The van der Waals surface area contributed by atoms with Crippen molar-refractivity contribution in [3.8, 4) is 11.3 Å². The molecule has 8 heteroatoms. The molecule has 1 saturated heterocycles. The highest BCUT2D eigenvalue weighted by molar-refractivity contribution is 5.91. The monoisotopic (exact) mass is 418 g/mol. The van der Waals surface area contributed by atoms with Crippen LogP contribution in [0.3, 0.4) is 0 Å². The Labute approximate surface area is 180 Å². The lowest BCUT2D eigenvalue weighted by molar-refractivity contribution is -0.131. The van der Waals surface area contributed by atoms with Gasteiger partial charge >= 0.3 is 0 Å². The van der Waals surface area contributed by atoms with Gasteiger partial charge in [-0.05, 0) is 30.9 Å². The first-order chi connectivity index (χ1) is 15.1. The molecule has 0 bridgehead atoms. The van der Waals surface area contributed by atoms with E-state index in [2.05, 4.69) is 27.8 Å². The van der Waals surface area contributed by atoms with E-state index in [1.165, 1.54) is 10.1 Å². The number of piperazine rings is 1. The number of carbonyl (C=O) groups is 1. The number of nitrogens with one attached hydrogen (secondary N) is 2. The normalized spacial score (nSPS) is 16.7. The molecule has 1 aliphatic carbocycles. The summed E-state index contributed by atoms with van der Waals surface area (Å²) >= 11 is 0. The number of anilines is 1. The summed E-state index contributed by atoms with van der Waals surface area (Å²) in [6.07, 6.45) is 4.57. The highest BCUT2D eigenvalue weighted by Gasteiger charge is 2.24. The molecular weight excluding hydrogens is 392 g/mol. The lowest BCUT2D eigenvalue weighted by atomic mass is 10.1. The number of nitrogens with zero attached hydrogens (tertiary/aromatic N) is 4. The molecule has 31 heavy (non-hydrogen) atoms. The van der Waals surface area contributed by atoms with Crippen molar-refractivity contribution in [2.45, 2.75) is 25.3 Å². The minimum Gasteiger partial charge on any atom is -0.367 e. The first kappa shape index (κ1) is 19.7. The molecular formula is C23H26N6O2. The molecule has 8 nitrogen and oxygen atoms in total. The van der Waals surface area contributed by atoms with E-state index in [1.54, 1.807) is 13.4 Å². The minimum absolute atomic E-state index is 0.0926. The summed E-state index contributed by atoms with van der Waals surface area (Å²) in [5.74, 6) is 0.780. The molecule has 0 unspecified atom stereocenters. The Morgan fingerprint density at radius 2 is 2.00 bits per heavy atom. The largest absolute Gasteiger partial charge is 0.367 e. The van der Waals surface area contributed by atoms with E-state index in [-0.39, 0.29) is 11.5 Å². The van der Waals surface area contributed by atoms with Crippen LogP contribution in [0.1, 0.15) is 18.4 Å². The Morgan fingerprint density at radius 3 is 2.74 bits per heavy atom. The van der Waals surface area contributed by atoms with Gasteiger partial charge < -0.3 is 20.1 Å². The second-order valence-corrected chi connectivity index (χ2v) is 8.33. The van der Waals surface area contributed by atoms with E-state index in [1.807, 2.05) is 23.1 Å². The topological polar surface area (TPSA) is 92.2 Å². The van der Waals surface area contributed by atoms with Crippen LogP contribution in [0, 0.1) is 0 Å². The second kappa shape index (κ2) is 8.11. The van der Waals surface area contributed by atoms with Crippen molar-refractivity contribution in [1.29, 1.82) is 0 Å². The van der Waals surface area contributed by atoms with Crippen LogP contribution in [-0.4, -0.2) is 57.6 Å². The van der Waals surface area contributed by atoms with Crippen LogP contribution in [0.15, 0.2) is 41.5 Å². The maximum absolute atomic E-state index is 12.7. The molecule has 0 spiro atoms. The van der Waals surface area contributed by atoms with Crippen LogP contribution in [-0.2, 0) is 18.3 Å². The maximum atomic E-state index is 12.7. The molecule has 0 radical (unpaired) electrons. The highest BCUT2D eigenvalue weighted by atomic mass is 16.2. The number of pyridine rings is 1. The van der Waals surface area contributed by atoms with Gasteiger partial charge in [0, 0.05) is 38.3 Å². The van der Waals surface area contributed by atoms with E-state index < -0.39 is 0 Å². The van der Waals surface area contributed by atoms with Crippen LogP contribution in [0.4, 0.5) is 5.82 Å². The fourth-order valence-corrected chi connectivity index (χ4v) is 3.88. The number of aromatic nitrogens is 3. The summed E-state index contributed by atoms with van der Waals surface area (Å²) in [4.78, 5) is 35.8. The van der Waals surface area contributed by atoms with Crippen LogP contribution < -0.4 is 16.2 Å². The van der Waals surface area contributed by atoms with Crippen molar-refractivity contribution >= 4 is 22.6 Å². The second-order valence-electron chi connectivity index (χ2n) is 8.33. The molecule has 5 rings (SSSR count). The van der Waals surface area contributed by atoms with Gasteiger partial charge in [-0.15, -0.1) is 0 Å². The number of hydrogen-bond donors (Lipinski definition) is 2. The first-order valence-electron chi connectivity index (χ1n) is 10.8. The van der Waals surface area contributed by atoms with Gasteiger partial charge in [0.1, 0.15) is 11.2 Å². The number of aryl methyl sites for hydroxylation is 1. The van der Waals surface area contributed by atoms with Crippen LogP contribution >= 0.6 is 0 Å². The van der Waals surface area contributed by atoms with Crippen LogP contribution in [0.25, 0.3) is 22.2 Å². The molecule has 1 amide bonds. The molecule has 1 aromatic carbocycles. The third kappa shape index (κ3) is 4.16. The Kier molecular flexibility index (Phi) is 5.15. The summed E-state index contributed by atoms with van der Waals surface area (Å²) in [5, 5.41) is 7.04. The average Bonchev–Trinajstić information content (AvgIpc) is 3.60. The van der Waals surface area contributed by atoms with Crippen molar-refractivity contribution < 1.29 is 4.79 Å². The van der Waals surface area contributed by atoms with Crippen molar-refractivity contribution in [2.75, 3.05) is 31.5 Å². The molecule has 2 N–H and O–H groups in total. The minimum atomic E-state index is -0.0926. The fraction of sp³-hybridized carbons (Fsp3) is 0.391. The summed E-state index contributed by atoms with van der Waals surface area (Å²) in [6, 6.07) is 10.5. The number of fused-ring (bicyclic) bond motifs is 1. The number of amides is 1.